The second-order valence-corrected chi connectivity index (χ2v) is 6.51. The lowest BCUT2D eigenvalue weighted by Gasteiger charge is -2.35. The minimum Gasteiger partial charge on any atom is -0.467 e. The first-order chi connectivity index (χ1) is 11.8. The van der Waals surface area contributed by atoms with Crippen molar-refractivity contribution in [3.05, 3.63) is 53.2 Å². The highest BCUT2D eigenvalue weighted by Gasteiger charge is 2.19. The molecule has 5 nitrogen and oxygen atoms in total. The molecule has 2 aliphatic heterocycles. The highest BCUT2D eigenvalue weighted by molar-refractivity contribution is 5.41. The number of aryl methyl sites for hydroxylation is 1. The molecule has 0 spiro atoms. The van der Waals surface area contributed by atoms with Gasteiger partial charge in [0.05, 0.1) is 6.61 Å². The number of anilines is 1. The molecule has 0 saturated carbocycles. The molecule has 0 radical (unpaired) electrons. The summed E-state index contributed by atoms with van der Waals surface area (Å²) in [7, 11) is 0. The van der Waals surface area contributed by atoms with Crippen molar-refractivity contribution in [2.24, 2.45) is 0 Å². The van der Waals surface area contributed by atoms with E-state index in [1.54, 1.807) is 0 Å². The van der Waals surface area contributed by atoms with Crippen LogP contribution in [-0.4, -0.2) is 42.9 Å². The van der Waals surface area contributed by atoms with Gasteiger partial charge in [0, 0.05) is 44.5 Å². The van der Waals surface area contributed by atoms with Crippen LogP contribution < -0.4 is 9.64 Å². The van der Waals surface area contributed by atoms with Gasteiger partial charge in [0.2, 0.25) is 0 Å². The number of hydrogen-bond donors (Lipinski definition) is 0. The van der Waals surface area contributed by atoms with Crippen LogP contribution in [0.4, 0.5) is 5.82 Å². The van der Waals surface area contributed by atoms with Crippen molar-refractivity contribution >= 4 is 5.82 Å². The Hall–Kier alpha value is -2.11. The normalized spacial score (nSPS) is 18.1. The predicted octanol–water partition coefficient (Wildman–Crippen LogP) is 2.58. The second kappa shape index (κ2) is 6.79. The SMILES string of the molecule is Cc1ccnc(N2CCN(Cc3ccc4c(c3)COCO4)CC2)c1. The fraction of sp³-hybridized carbons (Fsp3) is 0.421. The summed E-state index contributed by atoms with van der Waals surface area (Å²) < 4.78 is 10.9. The van der Waals surface area contributed by atoms with Crippen LogP contribution >= 0.6 is 0 Å². The number of aromatic nitrogens is 1. The van der Waals surface area contributed by atoms with E-state index in [1.165, 1.54) is 11.1 Å². The summed E-state index contributed by atoms with van der Waals surface area (Å²) in [5.74, 6) is 2.05. The lowest BCUT2D eigenvalue weighted by molar-refractivity contribution is -0.0164. The Kier molecular flexibility index (Phi) is 4.36. The Morgan fingerprint density at radius 2 is 1.96 bits per heavy atom. The lowest BCUT2D eigenvalue weighted by atomic mass is 10.1. The Bertz CT molecular complexity index is 712. The molecule has 24 heavy (non-hydrogen) atoms. The fourth-order valence-electron chi connectivity index (χ4n) is 3.33. The molecule has 0 N–H and O–H groups in total. The molecule has 1 fully saturated rings. The van der Waals surface area contributed by atoms with Gasteiger partial charge < -0.3 is 14.4 Å². The standard InChI is InChI=1S/C19H23N3O2/c1-15-4-5-20-19(10-15)22-8-6-21(7-9-22)12-16-2-3-18-17(11-16)13-23-14-24-18/h2-5,10-11H,6-9,12-14H2,1H3. The zero-order valence-corrected chi connectivity index (χ0v) is 14.1. The van der Waals surface area contributed by atoms with E-state index in [2.05, 4.69) is 46.0 Å². The average molecular weight is 325 g/mol. The molecule has 0 amide bonds. The highest BCUT2D eigenvalue weighted by Crippen LogP contribution is 2.25. The van der Waals surface area contributed by atoms with Crippen LogP contribution in [0.2, 0.25) is 0 Å². The van der Waals surface area contributed by atoms with Gasteiger partial charge >= 0.3 is 0 Å². The molecule has 5 heteroatoms. The minimum atomic E-state index is 0.362. The van der Waals surface area contributed by atoms with Gasteiger partial charge in [-0.2, -0.15) is 0 Å². The van der Waals surface area contributed by atoms with Gasteiger partial charge in [-0.3, -0.25) is 4.90 Å². The largest absolute Gasteiger partial charge is 0.467 e. The maximum Gasteiger partial charge on any atom is 0.189 e. The lowest BCUT2D eigenvalue weighted by Crippen LogP contribution is -2.46. The molecule has 0 atom stereocenters. The van der Waals surface area contributed by atoms with Crippen molar-refractivity contribution in [1.82, 2.24) is 9.88 Å². The first-order valence-electron chi connectivity index (χ1n) is 8.50. The third kappa shape index (κ3) is 3.37. The van der Waals surface area contributed by atoms with E-state index in [0.29, 0.717) is 13.4 Å². The molecule has 1 aromatic heterocycles. The van der Waals surface area contributed by atoms with Crippen molar-refractivity contribution in [3.8, 4) is 5.75 Å². The van der Waals surface area contributed by atoms with Crippen LogP contribution in [0.15, 0.2) is 36.5 Å². The van der Waals surface area contributed by atoms with Crippen LogP contribution in [0.1, 0.15) is 16.7 Å². The third-order valence-corrected chi connectivity index (χ3v) is 4.68. The van der Waals surface area contributed by atoms with Crippen LogP contribution in [0.5, 0.6) is 5.75 Å². The summed E-state index contributed by atoms with van der Waals surface area (Å²) in [5.41, 5.74) is 3.74. The summed E-state index contributed by atoms with van der Waals surface area (Å²) in [4.78, 5) is 9.37. The second-order valence-electron chi connectivity index (χ2n) is 6.51. The molecule has 3 heterocycles. The zero-order chi connectivity index (χ0) is 16.4. The molecular weight excluding hydrogens is 302 g/mol. The summed E-state index contributed by atoms with van der Waals surface area (Å²) >= 11 is 0. The number of piperazine rings is 1. The summed E-state index contributed by atoms with van der Waals surface area (Å²) in [6.07, 6.45) is 1.90. The Morgan fingerprint density at radius 3 is 2.79 bits per heavy atom. The molecule has 0 bridgehead atoms. The van der Waals surface area contributed by atoms with Crippen LogP contribution in [0.3, 0.4) is 0 Å². The van der Waals surface area contributed by atoms with Crippen molar-refractivity contribution < 1.29 is 9.47 Å². The van der Waals surface area contributed by atoms with Crippen LogP contribution in [0.25, 0.3) is 0 Å². The fourth-order valence-corrected chi connectivity index (χ4v) is 3.33. The van der Waals surface area contributed by atoms with Gasteiger partial charge in [-0.05, 0) is 42.3 Å². The molecule has 0 unspecified atom stereocenters. The van der Waals surface area contributed by atoms with Gasteiger partial charge in [0.15, 0.2) is 6.79 Å². The summed E-state index contributed by atoms with van der Waals surface area (Å²) in [6, 6.07) is 10.7. The van der Waals surface area contributed by atoms with E-state index in [1.807, 2.05) is 12.3 Å². The van der Waals surface area contributed by atoms with Gasteiger partial charge in [0.25, 0.3) is 0 Å². The van der Waals surface area contributed by atoms with E-state index in [-0.39, 0.29) is 0 Å². The molecule has 2 aliphatic rings. The smallest absolute Gasteiger partial charge is 0.189 e. The number of hydrogen-bond acceptors (Lipinski definition) is 5. The quantitative estimate of drug-likeness (QED) is 0.867. The molecule has 4 rings (SSSR count). The molecule has 1 saturated heterocycles. The third-order valence-electron chi connectivity index (χ3n) is 4.68. The molecule has 2 aromatic rings. The molecule has 1 aromatic carbocycles. The van der Waals surface area contributed by atoms with Gasteiger partial charge in [-0.25, -0.2) is 4.98 Å². The summed E-state index contributed by atoms with van der Waals surface area (Å²) in [5, 5.41) is 0. The minimum absolute atomic E-state index is 0.362. The maximum atomic E-state index is 5.49. The Labute approximate surface area is 142 Å². The number of nitrogens with zero attached hydrogens (tertiary/aromatic N) is 3. The van der Waals surface area contributed by atoms with E-state index in [9.17, 15) is 0 Å². The number of fused-ring (bicyclic) bond motifs is 1. The van der Waals surface area contributed by atoms with E-state index >= 15 is 0 Å². The zero-order valence-electron chi connectivity index (χ0n) is 14.1. The number of benzene rings is 1. The molecule has 0 aliphatic carbocycles. The Balaban J connectivity index is 1.36. The highest BCUT2D eigenvalue weighted by atomic mass is 16.7. The average Bonchev–Trinajstić information content (AvgIpc) is 2.62. The van der Waals surface area contributed by atoms with E-state index in [4.69, 9.17) is 9.47 Å². The topological polar surface area (TPSA) is 37.8 Å². The predicted molar refractivity (Wildman–Crippen MR) is 93.2 cm³/mol. The maximum absolute atomic E-state index is 5.49. The van der Waals surface area contributed by atoms with E-state index in [0.717, 1.165) is 49.9 Å². The van der Waals surface area contributed by atoms with Crippen LogP contribution in [0, 0.1) is 6.92 Å². The van der Waals surface area contributed by atoms with Crippen LogP contribution in [-0.2, 0) is 17.9 Å². The van der Waals surface area contributed by atoms with Gasteiger partial charge in [-0.15, -0.1) is 0 Å². The summed E-state index contributed by atoms with van der Waals surface area (Å²) in [6.45, 7) is 8.26. The van der Waals surface area contributed by atoms with Gasteiger partial charge in [0.1, 0.15) is 11.6 Å². The van der Waals surface area contributed by atoms with E-state index < -0.39 is 0 Å². The number of pyridine rings is 1. The molecule has 126 valence electrons. The first-order valence-corrected chi connectivity index (χ1v) is 8.50. The monoisotopic (exact) mass is 325 g/mol. The van der Waals surface area contributed by atoms with Crippen molar-refractivity contribution in [3.63, 3.8) is 0 Å². The van der Waals surface area contributed by atoms with Gasteiger partial charge in [-0.1, -0.05) is 6.07 Å². The Morgan fingerprint density at radius 1 is 1.08 bits per heavy atom. The number of rotatable bonds is 3. The van der Waals surface area contributed by atoms with Crippen molar-refractivity contribution in [2.75, 3.05) is 37.9 Å². The first kappa shape index (κ1) is 15.4. The number of ether oxygens (including phenoxy) is 2. The molecular formula is C19H23N3O2. The van der Waals surface area contributed by atoms with Crippen molar-refractivity contribution in [2.45, 2.75) is 20.1 Å². The van der Waals surface area contributed by atoms with Crippen molar-refractivity contribution in [1.29, 1.82) is 0 Å².